The number of hydrogen-bond donors (Lipinski definition) is 1. The van der Waals surface area contributed by atoms with Gasteiger partial charge in [-0.05, 0) is 49.6 Å². The fraction of sp³-hybridized carbons (Fsp3) is 0.321. The van der Waals surface area contributed by atoms with Crippen molar-refractivity contribution >= 4 is 35.1 Å². The first-order valence-corrected chi connectivity index (χ1v) is 13.1. The number of nitrogens with zero attached hydrogens (tertiary/aromatic N) is 4. The van der Waals surface area contributed by atoms with Gasteiger partial charge in [0.1, 0.15) is 24.2 Å². The molecule has 2 aromatic rings. The summed E-state index contributed by atoms with van der Waals surface area (Å²) in [6.45, 7) is 4.26. The van der Waals surface area contributed by atoms with Gasteiger partial charge in [-0.3, -0.25) is 24.8 Å². The lowest BCUT2D eigenvalue weighted by molar-refractivity contribution is -0.384. The predicted molar refractivity (Wildman–Crippen MR) is 147 cm³/mol. The van der Waals surface area contributed by atoms with E-state index in [2.05, 4.69) is 5.32 Å². The van der Waals surface area contributed by atoms with Crippen molar-refractivity contribution in [3.8, 4) is 5.75 Å². The van der Waals surface area contributed by atoms with Crippen LogP contribution >= 0.6 is 11.6 Å². The number of benzene rings is 2. The van der Waals surface area contributed by atoms with Crippen LogP contribution in [0.3, 0.4) is 0 Å². The Balaban J connectivity index is 1.68. The number of nitro benzene ring substituents is 1. The summed E-state index contributed by atoms with van der Waals surface area (Å²) in [4.78, 5) is 45.7. The van der Waals surface area contributed by atoms with Crippen molar-refractivity contribution in [2.75, 3.05) is 19.6 Å². The fourth-order valence-electron chi connectivity index (χ4n) is 5.03. The maximum atomic E-state index is 14.2. The minimum Gasteiger partial charge on any atom is -0.490 e. The molecule has 0 radical (unpaired) electrons. The Morgan fingerprint density at radius 3 is 2.64 bits per heavy atom. The van der Waals surface area contributed by atoms with E-state index in [4.69, 9.17) is 21.3 Å². The molecule has 2 aliphatic heterocycles. The van der Waals surface area contributed by atoms with Crippen molar-refractivity contribution in [2.45, 2.75) is 38.5 Å². The number of aliphatic imine (C=N–C) groups is 1. The van der Waals surface area contributed by atoms with E-state index in [-0.39, 0.29) is 36.0 Å². The number of halogens is 1. The molecule has 2 heterocycles. The molecule has 11 heteroatoms. The molecule has 202 valence electrons. The number of carbonyl (C=O) groups is 2. The van der Waals surface area contributed by atoms with E-state index < -0.39 is 17.0 Å². The maximum Gasteiger partial charge on any atom is 0.326 e. The van der Waals surface area contributed by atoms with Crippen molar-refractivity contribution in [1.82, 2.24) is 15.1 Å². The summed E-state index contributed by atoms with van der Waals surface area (Å²) in [6.07, 6.45) is 6.30. The summed E-state index contributed by atoms with van der Waals surface area (Å²) < 4.78 is 6.01. The monoisotopic (exact) mass is 549 g/mol. The van der Waals surface area contributed by atoms with E-state index in [0.29, 0.717) is 35.9 Å². The van der Waals surface area contributed by atoms with Crippen molar-refractivity contribution in [3.63, 3.8) is 0 Å². The van der Waals surface area contributed by atoms with Crippen LogP contribution in [0.4, 0.5) is 10.5 Å². The molecule has 0 aromatic heterocycles. The summed E-state index contributed by atoms with van der Waals surface area (Å²) in [5.74, 6) is 0.342. The third-order valence-electron chi connectivity index (χ3n) is 6.75. The standard InChI is InChI=1S/C28H28ClN5O5/c1-17(2)39-23-15-21(34(37)38)11-12-22(23)27-31-25(18-7-9-20(29)10-8-18)26(19-5-3-4-6-19)33(27)28(36)32-14-13-30-24(35)16-32/h3-5,7-12,15,17,25-26H,6,13-14,16H2,1-2H3,(H,30,35). The molecule has 1 N–H and O–H groups in total. The number of allylic oxidation sites excluding steroid dienone is 3. The zero-order chi connectivity index (χ0) is 27.7. The Bertz CT molecular complexity index is 1400. The van der Waals surface area contributed by atoms with Gasteiger partial charge in [0, 0.05) is 24.2 Å². The smallest absolute Gasteiger partial charge is 0.326 e. The average Bonchev–Trinajstić information content (AvgIpc) is 3.56. The van der Waals surface area contributed by atoms with Crippen molar-refractivity contribution in [3.05, 3.63) is 92.5 Å². The van der Waals surface area contributed by atoms with Crippen LogP contribution in [0.1, 0.15) is 37.4 Å². The van der Waals surface area contributed by atoms with Gasteiger partial charge in [-0.15, -0.1) is 0 Å². The Kier molecular flexibility index (Phi) is 7.38. The number of nitrogens with one attached hydrogen (secondary N) is 1. The summed E-state index contributed by atoms with van der Waals surface area (Å²) in [5.41, 5.74) is 2.16. The summed E-state index contributed by atoms with van der Waals surface area (Å²) in [6, 6.07) is 10.3. The quantitative estimate of drug-likeness (QED) is 0.416. The number of amidine groups is 1. The van der Waals surface area contributed by atoms with Gasteiger partial charge in [-0.2, -0.15) is 0 Å². The average molecular weight is 550 g/mol. The molecule has 2 aromatic carbocycles. The van der Waals surface area contributed by atoms with Crippen molar-refractivity contribution in [2.24, 2.45) is 4.99 Å². The van der Waals surface area contributed by atoms with E-state index in [9.17, 15) is 19.7 Å². The zero-order valence-electron chi connectivity index (χ0n) is 21.5. The van der Waals surface area contributed by atoms with Gasteiger partial charge in [-0.25, -0.2) is 4.79 Å². The molecule has 1 saturated heterocycles. The maximum absolute atomic E-state index is 14.2. The second-order valence-corrected chi connectivity index (χ2v) is 10.2. The van der Waals surface area contributed by atoms with E-state index in [1.54, 1.807) is 23.1 Å². The minimum atomic E-state index is -0.490. The Labute approximate surface area is 230 Å². The number of ether oxygens (including phenoxy) is 1. The molecular weight excluding hydrogens is 522 g/mol. The Morgan fingerprint density at radius 1 is 1.23 bits per heavy atom. The summed E-state index contributed by atoms with van der Waals surface area (Å²) >= 11 is 6.17. The van der Waals surface area contributed by atoms with Gasteiger partial charge in [-0.1, -0.05) is 42.0 Å². The molecule has 1 aliphatic carbocycles. The highest BCUT2D eigenvalue weighted by atomic mass is 35.5. The SMILES string of the molecule is CC(C)Oc1cc([N+](=O)[O-])ccc1C1=NC(c2ccc(Cl)cc2)C(C2=CC=CC2)N1C(=O)N1CCNC(=O)C1. The molecule has 0 saturated carbocycles. The number of amides is 3. The normalized spacial score (nSPS) is 20.7. The molecule has 3 aliphatic rings. The highest BCUT2D eigenvalue weighted by Crippen LogP contribution is 2.42. The molecular formula is C28H28ClN5O5. The molecule has 2 atom stereocenters. The van der Waals surface area contributed by atoms with Gasteiger partial charge in [0.15, 0.2) is 0 Å². The van der Waals surface area contributed by atoms with Crippen LogP contribution in [0, 0.1) is 10.1 Å². The highest BCUT2D eigenvalue weighted by molar-refractivity contribution is 6.30. The number of rotatable bonds is 6. The lowest BCUT2D eigenvalue weighted by Gasteiger charge is -2.36. The first-order valence-electron chi connectivity index (χ1n) is 12.7. The number of carbonyl (C=O) groups excluding carboxylic acids is 2. The topological polar surface area (TPSA) is 117 Å². The Hall–Kier alpha value is -4.18. The third kappa shape index (κ3) is 5.37. The van der Waals surface area contributed by atoms with Crippen LogP contribution in [0.2, 0.25) is 5.02 Å². The molecule has 0 spiro atoms. The van der Waals surface area contributed by atoms with E-state index in [0.717, 1.165) is 11.1 Å². The van der Waals surface area contributed by atoms with E-state index >= 15 is 0 Å². The van der Waals surface area contributed by atoms with Crippen LogP contribution in [-0.4, -0.2) is 64.3 Å². The highest BCUT2D eigenvalue weighted by Gasteiger charge is 2.46. The first-order chi connectivity index (χ1) is 18.7. The van der Waals surface area contributed by atoms with Gasteiger partial charge >= 0.3 is 6.03 Å². The lowest BCUT2D eigenvalue weighted by Crippen LogP contribution is -2.56. The van der Waals surface area contributed by atoms with E-state index in [1.807, 2.05) is 44.2 Å². The van der Waals surface area contributed by atoms with Gasteiger partial charge in [0.05, 0.1) is 28.7 Å². The van der Waals surface area contributed by atoms with Crippen molar-refractivity contribution in [1.29, 1.82) is 0 Å². The molecule has 2 unspecified atom stereocenters. The summed E-state index contributed by atoms with van der Waals surface area (Å²) in [5, 5.41) is 14.9. The summed E-state index contributed by atoms with van der Waals surface area (Å²) in [7, 11) is 0. The number of urea groups is 1. The van der Waals surface area contributed by atoms with Crippen LogP contribution in [-0.2, 0) is 4.79 Å². The lowest BCUT2D eigenvalue weighted by atomic mass is 9.93. The van der Waals surface area contributed by atoms with Crippen LogP contribution in [0.25, 0.3) is 0 Å². The largest absolute Gasteiger partial charge is 0.490 e. The van der Waals surface area contributed by atoms with Crippen LogP contribution in [0.15, 0.2) is 71.3 Å². The predicted octanol–water partition coefficient (Wildman–Crippen LogP) is 4.65. The second kappa shape index (κ2) is 10.9. The van der Waals surface area contributed by atoms with Crippen molar-refractivity contribution < 1.29 is 19.2 Å². The number of nitro groups is 1. The molecule has 1 fully saturated rings. The first kappa shape index (κ1) is 26.4. The molecule has 39 heavy (non-hydrogen) atoms. The minimum absolute atomic E-state index is 0.0755. The van der Waals surface area contributed by atoms with E-state index in [1.165, 1.54) is 17.0 Å². The van der Waals surface area contributed by atoms with Gasteiger partial charge in [0.2, 0.25) is 5.91 Å². The zero-order valence-corrected chi connectivity index (χ0v) is 22.3. The van der Waals surface area contributed by atoms with Crippen LogP contribution < -0.4 is 10.1 Å². The Morgan fingerprint density at radius 2 is 2.00 bits per heavy atom. The molecule has 0 bridgehead atoms. The number of hydrogen-bond acceptors (Lipinski definition) is 6. The molecule has 10 nitrogen and oxygen atoms in total. The fourth-order valence-corrected chi connectivity index (χ4v) is 5.16. The number of piperazine rings is 1. The second-order valence-electron chi connectivity index (χ2n) is 9.80. The van der Waals surface area contributed by atoms with Crippen LogP contribution in [0.5, 0.6) is 5.75 Å². The third-order valence-corrected chi connectivity index (χ3v) is 7.00. The number of non-ortho nitro benzene ring substituents is 1. The van der Waals surface area contributed by atoms with Gasteiger partial charge in [0.25, 0.3) is 5.69 Å². The molecule has 3 amide bonds. The van der Waals surface area contributed by atoms with Gasteiger partial charge < -0.3 is 15.0 Å². The molecule has 5 rings (SSSR count).